The Morgan fingerprint density at radius 2 is 1.61 bits per heavy atom. The van der Waals surface area contributed by atoms with Crippen molar-refractivity contribution in [2.75, 3.05) is 32.7 Å². The molecule has 38 heavy (non-hydrogen) atoms. The monoisotopic (exact) mass is 543 g/mol. The summed E-state index contributed by atoms with van der Waals surface area (Å²) in [5, 5.41) is 7.47. The molecule has 1 saturated heterocycles. The highest BCUT2D eigenvalue weighted by Gasteiger charge is 2.34. The molecule has 1 heterocycles. The van der Waals surface area contributed by atoms with Crippen LogP contribution in [0, 0.1) is 5.92 Å². The molecule has 14 heteroatoms. The van der Waals surface area contributed by atoms with E-state index in [9.17, 15) is 24.0 Å². The van der Waals surface area contributed by atoms with Crippen molar-refractivity contribution in [3.8, 4) is 0 Å². The number of primary amides is 1. The van der Waals surface area contributed by atoms with E-state index in [0.717, 1.165) is 13.0 Å². The fraction of sp³-hybridized carbons (Fsp3) is 0.750. The summed E-state index contributed by atoms with van der Waals surface area (Å²) >= 11 is 0. The van der Waals surface area contributed by atoms with Gasteiger partial charge >= 0.3 is 0 Å². The van der Waals surface area contributed by atoms with E-state index in [1.54, 1.807) is 0 Å². The number of rotatable bonds is 12. The Labute approximate surface area is 226 Å². The summed E-state index contributed by atoms with van der Waals surface area (Å²) < 4.78 is 0. The maximum Gasteiger partial charge on any atom is 0.243 e. The van der Waals surface area contributed by atoms with Gasteiger partial charge in [-0.1, -0.05) is 47.5 Å². The zero-order valence-corrected chi connectivity index (χ0v) is 23.5. The van der Waals surface area contributed by atoms with Gasteiger partial charge in [-0.2, -0.15) is 0 Å². The minimum absolute atomic E-state index is 0.148. The summed E-state index contributed by atoms with van der Waals surface area (Å²) in [6, 6.07) is -1.51. The number of nitrogens with one attached hydrogen (secondary N) is 3. The molecule has 0 aromatic carbocycles. The standard InChI is InChI=1S/C17H30N6O5.C4H11N3.C3H8/c1-3-10(2)15(22-13(25)7-18)17(28)21-9-14(26)23-6-4-5-11(23)16(27)20-8-12(19)24;1-2-3-7-4(5)6;1-3-2/h10-11,15H,3-9,18H2,1-2H3,(H2,19,24)(H,20,27)(H,21,28)(H,22,25);2-3H2,1H3,(H4,5,6,7);3H2,1-2H3/t10?,11-,15?;;/m0../s1. The number of guanidine groups is 1. The summed E-state index contributed by atoms with van der Waals surface area (Å²) in [4.78, 5) is 64.5. The number of nitrogens with two attached hydrogens (primary N) is 4. The molecule has 0 aliphatic carbocycles. The molecule has 2 unspecified atom stereocenters. The van der Waals surface area contributed by atoms with E-state index in [-0.39, 0.29) is 31.5 Å². The van der Waals surface area contributed by atoms with E-state index in [2.05, 4.69) is 34.8 Å². The molecule has 5 amide bonds. The molecule has 220 valence electrons. The zero-order chi connectivity index (χ0) is 29.7. The van der Waals surface area contributed by atoms with Crippen LogP contribution in [0.1, 0.15) is 66.7 Å². The second kappa shape index (κ2) is 21.6. The average Bonchev–Trinajstić information content (AvgIpc) is 3.38. The van der Waals surface area contributed by atoms with Gasteiger partial charge in [-0.3, -0.25) is 29.0 Å². The van der Waals surface area contributed by atoms with Crippen molar-refractivity contribution in [1.29, 1.82) is 0 Å². The number of hydrogen-bond donors (Lipinski definition) is 7. The van der Waals surface area contributed by atoms with Gasteiger partial charge < -0.3 is 43.8 Å². The highest BCUT2D eigenvalue weighted by atomic mass is 16.2. The second-order valence-electron chi connectivity index (χ2n) is 8.80. The smallest absolute Gasteiger partial charge is 0.243 e. The Morgan fingerprint density at radius 1 is 1.00 bits per heavy atom. The summed E-state index contributed by atoms with van der Waals surface area (Å²) in [5.41, 5.74) is 20.3. The Bertz CT molecular complexity index is 772. The van der Waals surface area contributed by atoms with Crippen LogP contribution < -0.4 is 38.9 Å². The van der Waals surface area contributed by atoms with Gasteiger partial charge in [0.2, 0.25) is 29.5 Å². The predicted molar refractivity (Wildman–Crippen MR) is 147 cm³/mol. The minimum Gasteiger partial charge on any atom is -0.370 e. The van der Waals surface area contributed by atoms with Crippen LogP contribution in [0.15, 0.2) is 4.99 Å². The van der Waals surface area contributed by atoms with Gasteiger partial charge in [0.1, 0.15) is 12.1 Å². The van der Waals surface area contributed by atoms with Crippen LogP contribution >= 0.6 is 0 Å². The lowest BCUT2D eigenvalue weighted by Crippen LogP contribution is -2.54. The fourth-order valence-electron chi connectivity index (χ4n) is 3.18. The largest absolute Gasteiger partial charge is 0.370 e. The molecule has 3 atom stereocenters. The highest BCUT2D eigenvalue weighted by Crippen LogP contribution is 2.17. The van der Waals surface area contributed by atoms with Gasteiger partial charge in [-0.25, -0.2) is 0 Å². The number of nitrogens with zero attached hydrogens (tertiary/aromatic N) is 2. The predicted octanol–water partition coefficient (Wildman–Crippen LogP) is -1.73. The third kappa shape index (κ3) is 16.3. The van der Waals surface area contributed by atoms with Crippen LogP contribution in [-0.4, -0.2) is 85.2 Å². The first-order valence-electron chi connectivity index (χ1n) is 13.1. The molecule has 14 nitrogen and oxygen atoms in total. The lowest BCUT2D eigenvalue weighted by Gasteiger charge is -2.26. The number of carbonyl (C=O) groups excluding carboxylic acids is 5. The maximum absolute atomic E-state index is 12.5. The molecule has 0 bridgehead atoms. The Morgan fingerprint density at radius 3 is 2.05 bits per heavy atom. The molecule has 1 rings (SSSR count). The van der Waals surface area contributed by atoms with Crippen LogP contribution in [0.4, 0.5) is 0 Å². The van der Waals surface area contributed by atoms with Gasteiger partial charge in [-0.05, 0) is 25.2 Å². The lowest BCUT2D eigenvalue weighted by molar-refractivity contribution is -0.139. The van der Waals surface area contributed by atoms with Crippen LogP contribution in [0.2, 0.25) is 0 Å². The summed E-state index contributed by atoms with van der Waals surface area (Å²) in [6.07, 6.45) is 3.99. The first-order chi connectivity index (χ1) is 17.9. The Hall–Kier alpha value is -3.42. The minimum atomic E-state index is -0.804. The number of carbonyl (C=O) groups is 5. The van der Waals surface area contributed by atoms with Crippen LogP contribution in [0.3, 0.4) is 0 Å². The molecule has 0 aromatic rings. The van der Waals surface area contributed by atoms with Crippen molar-refractivity contribution >= 4 is 35.5 Å². The summed E-state index contributed by atoms with van der Waals surface area (Å²) in [6.45, 7) is 10.2. The average molecular weight is 544 g/mol. The van der Waals surface area contributed by atoms with Gasteiger partial charge in [0.05, 0.1) is 19.6 Å². The molecule has 0 radical (unpaired) electrons. The fourth-order valence-corrected chi connectivity index (χ4v) is 3.18. The molecule has 1 aliphatic heterocycles. The van der Waals surface area contributed by atoms with Gasteiger partial charge in [-0.15, -0.1) is 0 Å². The van der Waals surface area contributed by atoms with Gasteiger partial charge in [0.15, 0.2) is 5.96 Å². The molecule has 1 aliphatic rings. The molecule has 0 spiro atoms. The lowest BCUT2D eigenvalue weighted by atomic mass is 9.98. The van der Waals surface area contributed by atoms with E-state index in [1.165, 1.54) is 11.3 Å². The number of aliphatic imine (C=N–C) groups is 1. The van der Waals surface area contributed by atoms with E-state index in [4.69, 9.17) is 22.9 Å². The summed E-state index contributed by atoms with van der Waals surface area (Å²) in [5.74, 6) is -2.46. The number of amides is 5. The Kier molecular flexibility index (Phi) is 20.9. The van der Waals surface area contributed by atoms with Crippen LogP contribution in [0.25, 0.3) is 0 Å². The van der Waals surface area contributed by atoms with E-state index in [1.807, 2.05) is 20.8 Å². The van der Waals surface area contributed by atoms with E-state index in [0.29, 0.717) is 25.8 Å². The summed E-state index contributed by atoms with van der Waals surface area (Å²) in [7, 11) is 0. The third-order valence-corrected chi connectivity index (χ3v) is 5.24. The SMILES string of the molecule is CCC.CCC(C)C(NC(=O)CN)C(=O)NCC(=O)N1CCC[C@H]1C(=O)NCC(N)=O.CCCN=C(N)N. The van der Waals surface area contributed by atoms with E-state index < -0.39 is 41.6 Å². The topological polar surface area (TPSA) is 241 Å². The molecule has 0 saturated carbocycles. The van der Waals surface area contributed by atoms with Crippen molar-refractivity contribution in [2.24, 2.45) is 33.8 Å². The van der Waals surface area contributed by atoms with Crippen LogP contribution in [-0.2, 0) is 24.0 Å². The number of likely N-dealkylation sites (tertiary alicyclic amines) is 1. The van der Waals surface area contributed by atoms with Crippen molar-refractivity contribution in [3.05, 3.63) is 0 Å². The Balaban J connectivity index is 0. The molecule has 1 fully saturated rings. The second-order valence-corrected chi connectivity index (χ2v) is 8.80. The first kappa shape index (κ1) is 36.7. The molecule has 0 aromatic heterocycles. The van der Waals surface area contributed by atoms with Crippen molar-refractivity contribution < 1.29 is 24.0 Å². The van der Waals surface area contributed by atoms with E-state index >= 15 is 0 Å². The number of hydrogen-bond acceptors (Lipinski definition) is 7. The first-order valence-corrected chi connectivity index (χ1v) is 13.1. The van der Waals surface area contributed by atoms with Crippen molar-refractivity contribution in [1.82, 2.24) is 20.9 Å². The quantitative estimate of drug-likeness (QED) is 0.110. The highest BCUT2D eigenvalue weighted by molar-refractivity contribution is 5.94. The van der Waals surface area contributed by atoms with Crippen LogP contribution in [0.5, 0.6) is 0 Å². The maximum atomic E-state index is 12.5. The molecule has 11 N–H and O–H groups in total. The molecular weight excluding hydrogens is 494 g/mol. The zero-order valence-electron chi connectivity index (χ0n) is 23.5. The normalized spacial score (nSPS) is 15.3. The van der Waals surface area contributed by atoms with Crippen molar-refractivity contribution in [3.63, 3.8) is 0 Å². The molecular formula is C24H49N9O5. The van der Waals surface area contributed by atoms with Gasteiger partial charge in [0.25, 0.3) is 0 Å². The van der Waals surface area contributed by atoms with Gasteiger partial charge in [0, 0.05) is 13.1 Å². The van der Waals surface area contributed by atoms with Crippen molar-refractivity contribution in [2.45, 2.75) is 78.8 Å². The third-order valence-electron chi connectivity index (χ3n) is 5.24.